The molecule has 0 saturated heterocycles. The molecule has 4 aromatic rings. The van der Waals surface area contributed by atoms with Crippen molar-refractivity contribution in [2.45, 2.75) is 25.8 Å². The van der Waals surface area contributed by atoms with E-state index >= 15 is 0 Å². The first-order valence-electron chi connectivity index (χ1n) is 8.99. The highest BCUT2D eigenvalue weighted by Crippen LogP contribution is 2.31. The molecule has 8 heteroatoms. The van der Waals surface area contributed by atoms with E-state index in [2.05, 4.69) is 25.1 Å². The second-order valence-corrected chi connectivity index (χ2v) is 7.01. The van der Waals surface area contributed by atoms with Gasteiger partial charge in [-0.05, 0) is 24.3 Å². The molecule has 1 fully saturated rings. The Morgan fingerprint density at radius 1 is 1.11 bits per heavy atom. The lowest BCUT2D eigenvalue weighted by molar-refractivity contribution is 0.607. The average Bonchev–Trinajstić information content (AvgIpc) is 3.18. The smallest absolute Gasteiger partial charge is 0.330 e. The summed E-state index contributed by atoms with van der Waals surface area (Å²) in [5, 5.41) is 7.22. The topological polar surface area (TPSA) is 112 Å². The number of nitrogens with zero attached hydrogens (tertiary/aromatic N) is 3. The fourth-order valence-corrected chi connectivity index (χ4v) is 3.34. The average molecular weight is 362 g/mol. The molecule has 0 amide bonds. The van der Waals surface area contributed by atoms with Crippen molar-refractivity contribution in [3.63, 3.8) is 0 Å². The number of nitrogens with one attached hydrogen (secondary N) is 3. The van der Waals surface area contributed by atoms with Crippen LogP contribution < -0.4 is 11.2 Å². The van der Waals surface area contributed by atoms with E-state index in [9.17, 15) is 9.59 Å². The minimum Gasteiger partial charge on any atom is -0.332 e. The van der Waals surface area contributed by atoms with Crippen molar-refractivity contribution < 1.29 is 0 Å². The maximum Gasteiger partial charge on any atom is 0.330 e. The lowest BCUT2D eigenvalue weighted by atomic mass is 10.1. The van der Waals surface area contributed by atoms with E-state index in [4.69, 9.17) is 0 Å². The Labute approximate surface area is 153 Å². The van der Waals surface area contributed by atoms with E-state index in [1.807, 2.05) is 30.3 Å². The summed E-state index contributed by atoms with van der Waals surface area (Å²) >= 11 is 0. The molecule has 0 bridgehead atoms. The van der Waals surface area contributed by atoms with Gasteiger partial charge in [0.05, 0.1) is 11.3 Å². The van der Waals surface area contributed by atoms with Crippen molar-refractivity contribution in [3.05, 3.63) is 68.6 Å². The normalized spacial score (nSPS) is 14.1. The Kier molecular flexibility index (Phi) is 3.56. The summed E-state index contributed by atoms with van der Waals surface area (Å²) in [5.74, 6) is 1.02. The van der Waals surface area contributed by atoms with E-state index in [1.165, 1.54) is 0 Å². The standard InChI is InChI=1S/C19H18N6O2/c26-18-15-17(25(19(27)23-18)10-12-6-7-12)22-16(21-15)13-9-20-24-14(13)8-11-4-2-1-3-5-11/h1-5,9,12H,6-8,10H2,(H,20,24)(H,21,22)(H,23,26,27). The van der Waals surface area contributed by atoms with Crippen LogP contribution in [-0.2, 0) is 13.0 Å². The number of imidazole rings is 1. The quantitative estimate of drug-likeness (QED) is 0.502. The molecule has 8 nitrogen and oxygen atoms in total. The molecule has 0 atom stereocenters. The van der Waals surface area contributed by atoms with Gasteiger partial charge in [-0.25, -0.2) is 9.78 Å². The van der Waals surface area contributed by atoms with Crippen molar-refractivity contribution in [3.8, 4) is 11.4 Å². The summed E-state index contributed by atoms with van der Waals surface area (Å²) in [5.41, 5.74) is 2.61. The van der Waals surface area contributed by atoms with Crippen LogP contribution in [0, 0.1) is 5.92 Å². The summed E-state index contributed by atoms with van der Waals surface area (Å²) in [4.78, 5) is 34.6. The predicted molar refractivity (Wildman–Crippen MR) is 101 cm³/mol. The van der Waals surface area contributed by atoms with Crippen molar-refractivity contribution in [2.75, 3.05) is 0 Å². The zero-order chi connectivity index (χ0) is 18.4. The molecule has 1 aliphatic carbocycles. The van der Waals surface area contributed by atoms with Crippen LogP contribution in [0.25, 0.3) is 22.6 Å². The van der Waals surface area contributed by atoms with Gasteiger partial charge in [0, 0.05) is 19.2 Å². The number of H-pyrrole nitrogens is 3. The Morgan fingerprint density at radius 3 is 2.70 bits per heavy atom. The van der Waals surface area contributed by atoms with Gasteiger partial charge in [0.25, 0.3) is 5.56 Å². The zero-order valence-corrected chi connectivity index (χ0v) is 14.5. The van der Waals surface area contributed by atoms with Crippen LogP contribution in [-0.4, -0.2) is 29.7 Å². The Bertz CT molecular complexity index is 1230. The molecular weight excluding hydrogens is 344 g/mol. The van der Waals surface area contributed by atoms with Crippen molar-refractivity contribution >= 4 is 11.2 Å². The van der Waals surface area contributed by atoms with Crippen molar-refractivity contribution in [2.24, 2.45) is 5.92 Å². The predicted octanol–water partition coefficient (Wildman–Crippen LogP) is 1.80. The summed E-state index contributed by atoms with van der Waals surface area (Å²) in [6.45, 7) is 0.582. The van der Waals surface area contributed by atoms with Crippen LogP contribution >= 0.6 is 0 Å². The lowest BCUT2D eigenvalue weighted by Crippen LogP contribution is -2.30. The number of hydrogen-bond acceptors (Lipinski definition) is 4. The highest BCUT2D eigenvalue weighted by molar-refractivity contribution is 5.76. The molecule has 3 N–H and O–H groups in total. The van der Waals surface area contributed by atoms with Crippen molar-refractivity contribution in [1.82, 2.24) is 29.7 Å². The van der Waals surface area contributed by atoms with Gasteiger partial charge in [-0.1, -0.05) is 30.3 Å². The van der Waals surface area contributed by atoms with E-state index in [1.54, 1.807) is 10.8 Å². The Morgan fingerprint density at radius 2 is 1.93 bits per heavy atom. The summed E-state index contributed by atoms with van der Waals surface area (Å²) in [7, 11) is 0. The fraction of sp³-hybridized carbons (Fsp3) is 0.263. The lowest BCUT2D eigenvalue weighted by Gasteiger charge is -2.03. The number of aromatic amines is 3. The van der Waals surface area contributed by atoms with E-state index in [0.29, 0.717) is 35.9 Å². The molecule has 136 valence electrons. The third-order valence-electron chi connectivity index (χ3n) is 4.96. The molecule has 0 unspecified atom stereocenters. The van der Waals surface area contributed by atoms with Gasteiger partial charge in [-0.15, -0.1) is 0 Å². The molecule has 1 saturated carbocycles. The summed E-state index contributed by atoms with van der Waals surface area (Å²) < 4.78 is 1.56. The van der Waals surface area contributed by atoms with Crippen LogP contribution in [0.5, 0.6) is 0 Å². The molecule has 3 aromatic heterocycles. The van der Waals surface area contributed by atoms with Gasteiger partial charge in [0.1, 0.15) is 11.3 Å². The molecule has 0 aliphatic heterocycles. The number of benzene rings is 1. The highest BCUT2D eigenvalue weighted by atomic mass is 16.2. The van der Waals surface area contributed by atoms with E-state index in [-0.39, 0.29) is 0 Å². The van der Waals surface area contributed by atoms with Crippen LogP contribution in [0.3, 0.4) is 0 Å². The second kappa shape index (κ2) is 6.08. The molecule has 0 spiro atoms. The first kappa shape index (κ1) is 15.8. The second-order valence-electron chi connectivity index (χ2n) is 7.01. The highest BCUT2D eigenvalue weighted by Gasteiger charge is 2.25. The van der Waals surface area contributed by atoms with Gasteiger partial charge < -0.3 is 4.98 Å². The van der Waals surface area contributed by atoms with E-state index < -0.39 is 11.2 Å². The number of fused-ring (bicyclic) bond motifs is 1. The molecule has 3 heterocycles. The fourth-order valence-electron chi connectivity index (χ4n) is 3.34. The van der Waals surface area contributed by atoms with Gasteiger partial charge >= 0.3 is 5.69 Å². The Hall–Kier alpha value is -3.42. The van der Waals surface area contributed by atoms with Crippen LogP contribution in [0.2, 0.25) is 0 Å². The third-order valence-corrected chi connectivity index (χ3v) is 4.96. The molecule has 27 heavy (non-hydrogen) atoms. The largest absolute Gasteiger partial charge is 0.332 e. The number of aromatic nitrogens is 6. The summed E-state index contributed by atoms with van der Waals surface area (Å²) in [6, 6.07) is 10.0. The monoisotopic (exact) mass is 362 g/mol. The molecule has 5 rings (SSSR count). The molecule has 1 aromatic carbocycles. The van der Waals surface area contributed by atoms with E-state index in [0.717, 1.165) is 29.7 Å². The minimum atomic E-state index is -0.450. The minimum absolute atomic E-state index is 0.317. The maximum absolute atomic E-state index is 12.3. The maximum atomic E-state index is 12.3. The third kappa shape index (κ3) is 2.88. The SMILES string of the molecule is O=c1[nH]c(=O)n(CC2CC2)c2nc(-c3c[nH]nc3Cc3ccccc3)[nH]c12. The van der Waals surface area contributed by atoms with Gasteiger partial charge in [0.15, 0.2) is 5.65 Å². The number of rotatable bonds is 5. The molecule has 0 radical (unpaired) electrons. The van der Waals surface area contributed by atoms with Gasteiger partial charge in [-0.3, -0.25) is 19.4 Å². The molecule has 1 aliphatic rings. The first-order chi connectivity index (χ1) is 13.2. The summed E-state index contributed by atoms with van der Waals surface area (Å²) in [6.07, 6.45) is 4.61. The van der Waals surface area contributed by atoms with Crippen LogP contribution in [0.15, 0.2) is 46.1 Å². The van der Waals surface area contributed by atoms with Gasteiger partial charge in [0.2, 0.25) is 0 Å². The zero-order valence-electron chi connectivity index (χ0n) is 14.5. The number of hydrogen-bond donors (Lipinski definition) is 3. The molecular formula is C19H18N6O2. The Balaban J connectivity index is 1.60. The first-order valence-corrected chi connectivity index (χ1v) is 8.99. The van der Waals surface area contributed by atoms with Gasteiger partial charge in [-0.2, -0.15) is 5.10 Å². The van der Waals surface area contributed by atoms with Crippen molar-refractivity contribution in [1.29, 1.82) is 0 Å². The van der Waals surface area contributed by atoms with Crippen LogP contribution in [0.4, 0.5) is 0 Å². The van der Waals surface area contributed by atoms with Crippen LogP contribution in [0.1, 0.15) is 24.1 Å².